The van der Waals surface area contributed by atoms with Crippen molar-refractivity contribution in [3.05, 3.63) is 0 Å². The van der Waals surface area contributed by atoms with Gasteiger partial charge in [0.15, 0.2) is 0 Å². The van der Waals surface area contributed by atoms with E-state index in [0.717, 1.165) is 19.4 Å². The molecule has 1 aliphatic rings. The Hall–Kier alpha value is -1.05. The van der Waals surface area contributed by atoms with Gasteiger partial charge in [0, 0.05) is 0 Å². The molecule has 1 unspecified atom stereocenters. The quantitative estimate of drug-likeness (QED) is 0.535. The Morgan fingerprint density at radius 3 is 2.87 bits per heavy atom. The zero-order valence-electron chi connectivity index (χ0n) is 8.99. The Balaban J connectivity index is 2.10. The van der Waals surface area contributed by atoms with Crippen LogP contribution in [0.15, 0.2) is 0 Å². The van der Waals surface area contributed by atoms with E-state index in [9.17, 15) is 4.79 Å². The third-order valence-corrected chi connectivity index (χ3v) is 2.68. The van der Waals surface area contributed by atoms with Gasteiger partial charge in [0.2, 0.25) is 5.91 Å². The second-order valence-electron chi connectivity index (χ2n) is 4.04. The van der Waals surface area contributed by atoms with Crippen LogP contribution in [0.4, 0.5) is 0 Å². The van der Waals surface area contributed by atoms with Crippen LogP contribution in [-0.2, 0) is 4.79 Å². The number of aliphatic hydroxyl groups is 1. The zero-order chi connectivity index (χ0) is 11.3. The van der Waals surface area contributed by atoms with E-state index in [2.05, 4.69) is 16.6 Å². The lowest BCUT2D eigenvalue weighted by atomic mass is 9.82. The first-order valence-electron chi connectivity index (χ1n) is 5.26. The van der Waals surface area contributed by atoms with Crippen LogP contribution < -0.4 is 10.6 Å². The first kappa shape index (κ1) is 12.0. The number of aliphatic hydroxyl groups excluding tert-OH is 1. The van der Waals surface area contributed by atoms with Crippen LogP contribution in [0.25, 0.3) is 0 Å². The van der Waals surface area contributed by atoms with E-state index in [1.54, 1.807) is 6.92 Å². The molecule has 1 fully saturated rings. The fourth-order valence-corrected chi connectivity index (χ4v) is 1.59. The highest BCUT2D eigenvalue weighted by atomic mass is 16.3. The van der Waals surface area contributed by atoms with Gasteiger partial charge < -0.3 is 15.7 Å². The molecule has 0 spiro atoms. The fourth-order valence-electron chi connectivity index (χ4n) is 1.59. The molecule has 0 radical (unpaired) electrons. The van der Waals surface area contributed by atoms with E-state index in [0.29, 0.717) is 5.92 Å². The van der Waals surface area contributed by atoms with E-state index >= 15 is 0 Å². The number of hydrogen-bond acceptors (Lipinski definition) is 3. The summed E-state index contributed by atoms with van der Waals surface area (Å²) in [4.78, 5) is 11.4. The van der Waals surface area contributed by atoms with Crippen molar-refractivity contribution in [3.63, 3.8) is 0 Å². The third kappa shape index (κ3) is 3.90. The van der Waals surface area contributed by atoms with Crippen LogP contribution in [0.2, 0.25) is 0 Å². The molecule has 0 aromatic rings. The predicted octanol–water partition coefficient (Wildman–Crippen LogP) is -0.515. The monoisotopic (exact) mass is 210 g/mol. The number of amides is 1. The number of nitrogens with one attached hydrogen (secondary N) is 2. The minimum atomic E-state index is -0.226. The Kier molecular flexibility index (Phi) is 4.60. The number of carbonyl (C=O) groups is 1. The Bertz CT molecular complexity index is 254. The van der Waals surface area contributed by atoms with Crippen LogP contribution in [0.3, 0.4) is 0 Å². The Labute approximate surface area is 90.4 Å². The molecule has 1 saturated carbocycles. The van der Waals surface area contributed by atoms with Crippen LogP contribution in [0, 0.1) is 18.3 Å². The minimum Gasteiger partial charge on any atom is -0.393 e. The highest BCUT2D eigenvalue weighted by Gasteiger charge is 2.27. The lowest BCUT2D eigenvalue weighted by Crippen LogP contribution is -2.46. The maximum absolute atomic E-state index is 11.4. The van der Waals surface area contributed by atoms with Crippen molar-refractivity contribution in [2.45, 2.75) is 31.9 Å². The maximum Gasteiger partial charge on any atom is 0.237 e. The van der Waals surface area contributed by atoms with Gasteiger partial charge in [-0.05, 0) is 32.2 Å². The first-order chi connectivity index (χ1) is 7.13. The van der Waals surface area contributed by atoms with Gasteiger partial charge >= 0.3 is 0 Å². The van der Waals surface area contributed by atoms with Gasteiger partial charge in [0.05, 0.1) is 18.7 Å². The molecule has 0 heterocycles. The number of rotatable bonds is 5. The Morgan fingerprint density at radius 2 is 2.33 bits per heavy atom. The summed E-state index contributed by atoms with van der Waals surface area (Å²) in [6, 6.07) is -0.226. The standard InChI is InChI=1S/C11H18N2O2/c1-3-4-12-11(15)8(2)13-7-9-5-10(14)6-9/h1,8-10,13-14H,4-7H2,2H3,(H,12,15). The van der Waals surface area contributed by atoms with E-state index in [4.69, 9.17) is 11.5 Å². The molecule has 0 aromatic heterocycles. The molecule has 1 rings (SSSR count). The molecular formula is C11H18N2O2. The molecule has 4 heteroatoms. The summed E-state index contributed by atoms with van der Waals surface area (Å²) in [6.45, 7) is 2.86. The largest absolute Gasteiger partial charge is 0.393 e. The molecule has 1 amide bonds. The average molecular weight is 210 g/mol. The highest BCUT2D eigenvalue weighted by Crippen LogP contribution is 2.26. The lowest BCUT2D eigenvalue weighted by molar-refractivity contribution is -0.122. The second-order valence-corrected chi connectivity index (χ2v) is 4.04. The van der Waals surface area contributed by atoms with Crippen molar-refractivity contribution < 1.29 is 9.90 Å². The maximum atomic E-state index is 11.4. The van der Waals surface area contributed by atoms with Gasteiger partial charge in [-0.3, -0.25) is 4.79 Å². The molecule has 0 saturated heterocycles. The average Bonchev–Trinajstić information content (AvgIpc) is 2.18. The van der Waals surface area contributed by atoms with E-state index < -0.39 is 0 Å². The topological polar surface area (TPSA) is 61.4 Å². The van der Waals surface area contributed by atoms with Crippen molar-refractivity contribution in [1.82, 2.24) is 10.6 Å². The minimum absolute atomic E-state index is 0.0761. The predicted molar refractivity (Wildman–Crippen MR) is 58.0 cm³/mol. The third-order valence-electron chi connectivity index (χ3n) is 2.68. The first-order valence-corrected chi connectivity index (χ1v) is 5.26. The zero-order valence-corrected chi connectivity index (χ0v) is 8.99. The van der Waals surface area contributed by atoms with E-state index in [-0.39, 0.29) is 24.6 Å². The summed E-state index contributed by atoms with van der Waals surface area (Å²) >= 11 is 0. The molecule has 0 bridgehead atoms. The molecule has 3 N–H and O–H groups in total. The summed E-state index contributed by atoms with van der Waals surface area (Å²) < 4.78 is 0. The van der Waals surface area contributed by atoms with Crippen LogP contribution in [-0.4, -0.2) is 36.2 Å². The van der Waals surface area contributed by atoms with Crippen molar-refractivity contribution in [3.8, 4) is 12.3 Å². The van der Waals surface area contributed by atoms with Gasteiger partial charge in [0.1, 0.15) is 0 Å². The molecule has 1 aliphatic carbocycles. The summed E-state index contributed by atoms with van der Waals surface area (Å²) in [5.41, 5.74) is 0. The van der Waals surface area contributed by atoms with Crippen LogP contribution in [0.5, 0.6) is 0 Å². The van der Waals surface area contributed by atoms with E-state index in [1.165, 1.54) is 0 Å². The molecule has 4 nitrogen and oxygen atoms in total. The number of hydrogen-bond donors (Lipinski definition) is 3. The Morgan fingerprint density at radius 1 is 1.67 bits per heavy atom. The summed E-state index contributed by atoms with van der Waals surface area (Å²) in [7, 11) is 0. The van der Waals surface area contributed by atoms with Gasteiger partial charge in [-0.1, -0.05) is 5.92 Å². The smallest absolute Gasteiger partial charge is 0.237 e. The van der Waals surface area contributed by atoms with Crippen molar-refractivity contribution in [2.24, 2.45) is 5.92 Å². The number of terminal acetylenes is 1. The molecule has 84 valence electrons. The highest BCUT2D eigenvalue weighted by molar-refractivity contribution is 5.81. The molecule has 0 aliphatic heterocycles. The van der Waals surface area contributed by atoms with Crippen LogP contribution >= 0.6 is 0 Å². The second kappa shape index (κ2) is 5.74. The van der Waals surface area contributed by atoms with E-state index in [1.807, 2.05) is 0 Å². The summed E-state index contributed by atoms with van der Waals surface area (Å²) in [5.74, 6) is 2.78. The van der Waals surface area contributed by atoms with Crippen molar-refractivity contribution >= 4 is 5.91 Å². The summed E-state index contributed by atoms with van der Waals surface area (Å²) in [5, 5.41) is 14.8. The van der Waals surface area contributed by atoms with Crippen molar-refractivity contribution in [2.75, 3.05) is 13.1 Å². The van der Waals surface area contributed by atoms with Crippen LogP contribution in [0.1, 0.15) is 19.8 Å². The lowest BCUT2D eigenvalue weighted by Gasteiger charge is -2.32. The molecule has 15 heavy (non-hydrogen) atoms. The van der Waals surface area contributed by atoms with Gasteiger partial charge in [-0.2, -0.15) is 0 Å². The van der Waals surface area contributed by atoms with Crippen molar-refractivity contribution in [1.29, 1.82) is 0 Å². The number of carbonyl (C=O) groups excluding carboxylic acids is 1. The SMILES string of the molecule is C#CCNC(=O)C(C)NCC1CC(O)C1. The normalized spacial score (nSPS) is 26.2. The molecule has 1 atom stereocenters. The molecular weight excluding hydrogens is 192 g/mol. The van der Waals surface area contributed by atoms with Gasteiger partial charge in [-0.25, -0.2) is 0 Å². The summed E-state index contributed by atoms with van der Waals surface area (Å²) in [6.07, 6.45) is 6.57. The van der Waals surface area contributed by atoms with Gasteiger partial charge in [-0.15, -0.1) is 6.42 Å². The molecule has 0 aromatic carbocycles. The van der Waals surface area contributed by atoms with Gasteiger partial charge in [0.25, 0.3) is 0 Å². The fraction of sp³-hybridized carbons (Fsp3) is 0.727.